The highest BCUT2D eigenvalue weighted by atomic mass is 16.5. The summed E-state index contributed by atoms with van der Waals surface area (Å²) in [5.74, 6) is 0.173. The number of guanidine groups is 1. The third-order valence-corrected chi connectivity index (χ3v) is 6.86. The summed E-state index contributed by atoms with van der Waals surface area (Å²) in [6, 6.07) is 9.14. The van der Waals surface area contributed by atoms with Crippen LogP contribution in [0.2, 0.25) is 0 Å². The molecule has 1 unspecified atom stereocenters. The first-order valence-electron chi connectivity index (χ1n) is 10.5. The van der Waals surface area contributed by atoms with Crippen molar-refractivity contribution < 1.29 is 9.47 Å². The molecule has 0 radical (unpaired) electrons. The van der Waals surface area contributed by atoms with Gasteiger partial charge >= 0.3 is 0 Å². The zero-order valence-electron chi connectivity index (χ0n) is 17.4. The van der Waals surface area contributed by atoms with Crippen molar-refractivity contribution in [1.29, 1.82) is 0 Å². The number of nitrogens with zero attached hydrogens (tertiary/aromatic N) is 1. The lowest BCUT2D eigenvalue weighted by Crippen LogP contribution is -2.58. The molecule has 0 heterocycles. The smallest absolute Gasteiger partial charge is 0.185 e. The molecular formula is C22H36N4O2. The molecule has 156 valence electrons. The number of methoxy groups -OCH3 is 2. The van der Waals surface area contributed by atoms with Crippen molar-refractivity contribution in [2.45, 2.75) is 68.6 Å². The minimum atomic E-state index is 0.0352. The van der Waals surface area contributed by atoms with E-state index in [1.807, 2.05) is 14.2 Å². The number of nitrogens with two attached hydrogens (primary N) is 2. The summed E-state index contributed by atoms with van der Waals surface area (Å²) >= 11 is 0. The van der Waals surface area contributed by atoms with Crippen LogP contribution >= 0.6 is 0 Å². The Hall–Kier alpha value is -1.63. The zero-order valence-corrected chi connectivity index (χ0v) is 17.4. The first-order valence-corrected chi connectivity index (χ1v) is 10.5. The summed E-state index contributed by atoms with van der Waals surface area (Å²) in [4.78, 5) is 4.00. The van der Waals surface area contributed by atoms with Gasteiger partial charge in [0.2, 0.25) is 0 Å². The van der Waals surface area contributed by atoms with Crippen molar-refractivity contribution in [3.63, 3.8) is 0 Å². The molecular weight excluding hydrogens is 352 g/mol. The average molecular weight is 389 g/mol. The highest BCUT2D eigenvalue weighted by Crippen LogP contribution is 2.55. The molecule has 5 N–H and O–H groups in total. The van der Waals surface area contributed by atoms with Crippen molar-refractivity contribution in [1.82, 2.24) is 5.32 Å². The fraction of sp³-hybridized carbons (Fsp3) is 0.682. The maximum atomic E-state index is 5.95. The van der Waals surface area contributed by atoms with Gasteiger partial charge in [-0.3, -0.25) is 4.99 Å². The minimum absolute atomic E-state index is 0.0352. The molecule has 6 nitrogen and oxygen atoms in total. The highest BCUT2D eigenvalue weighted by molar-refractivity contribution is 5.75. The number of rotatable bonds is 10. The second-order valence-electron chi connectivity index (χ2n) is 8.36. The van der Waals surface area contributed by atoms with Gasteiger partial charge in [-0.1, -0.05) is 24.3 Å². The first-order chi connectivity index (χ1) is 13.5. The van der Waals surface area contributed by atoms with Gasteiger partial charge in [0.05, 0.1) is 11.7 Å². The van der Waals surface area contributed by atoms with Crippen LogP contribution in [0.1, 0.15) is 56.1 Å². The standard InChI is InChI=1S/C22H36N4O2/c1-27-19-15-21(28-2)9-11-22(19,12-10-21)18-7-5-17(6-8-18)16-25-13-3-4-14-26-20(23)24/h5-8,19,25H,3-4,9-16H2,1-2H3,(H4,23,24,26). The third kappa shape index (κ3) is 4.50. The molecule has 1 atom stereocenters. The van der Waals surface area contributed by atoms with Crippen LogP contribution in [-0.2, 0) is 21.4 Å². The predicted octanol–water partition coefficient (Wildman–Crippen LogP) is 2.45. The van der Waals surface area contributed by atoms with Gasteiger partial charge in [-0.15, -0.1) is 0 Å². The molecule has 0 amide bonds. The molecule has 3 aliphatic carbocycles. The first kappa shape index (κ1) is 21.1. The van der Waals surface area contributed by atoms with Crippen molar-refractivity contribution in [3.8, 4) is 0 Å². The molecule has 28 heavy (non-hydrogen) atoms. The van der Waals surface area contributed by atoms with E-state index in [0.717, 1.165) is 58.0 Å². The van der Waals surface area contributed by atoms with E-state index in [1.54, 1.807) is 0 Å². The van der Waals surface area contributed by atoms with Crippen molar-refractivity contribution in [2.75, 3.05) is 27.3 Å². The monoisotopic (exact) mass is 388 g/mol. The second-order valence-corrected chi connectivity index (χ2v) is 8.36. The quantitative estimate of drug-likeness (QED) is 0.325. The number of fused-ring (bicyclic) bond motifs is 3. The van der Waals surface area contributed by atoms with E-state index in [0.29, 0.717) is 6.54 Å². The fourth-order valence-electron chi connectivity index (χ4n) is 5.04. The summed E-state index contributed by atoms with van der Waals surface area (Å²) in [6.45, 7) is 2.55. The third-order valence-electron chi connectivity index (χ3n) is 6.86. The Balaban J connectivity index is 1.52. The van der Waals surface area contributed by atoms with Crippen LogP contribution in [0.4, 0.5) is 0 Å². The molecule has 0 spiro atoms. The molecule has 3 fully saturated rings. The maximum absolute atomic E-state index is 5.95. The van der Waals surface area contributed by atoms with E-state index < -0.39 is 0 Å². The molecule has 0 aromatic heterocycles. The molecule has 4 rings (SSSR count). The Kier molecular flexibility index (Phi) is 6.96. The number of unbranched alkanes of at least 4 members (excludes halogenated alkanes) is 1. The Labute approximate surface area is 169 Å². The summed E-state index contributed by atoms with van der Waals surface area (Å²) in [6.07, 6.45) is 7.86. The highest BCUT2D eigenvalue weighted by Gasteiger charge is 2.55. The number of aliphatic imine (C=N–C) groups is 1. The van der Waals surface area contributed by atoms with Crippen LogP contribution in [0.25, 0.3) is 0 Å². The number of hydrogen-bond donors (Lipinski definition) is 3. The Morgan fingerprint density at radius 3 is 2.43 bits per heavy atom. The number of ether oxygens (including phenoxy) is 2. The summed E-state index contributed by atoms with van der Waals surface area (Å²) < 4.78 is 11.8. The number of hydrogen-bond acceptors (Lipinski definition) is 4. The second kappa shape index (κ2) is 9.25. The lowest BCUT2D eigenvalue weighted by Gasteiger charge is -2.56. The number of benzene rings is 1. The van der Waals surface area contributed by atoms with Crippen LogP contribution < -0.4 is 16.8 Å². The fourth-order valence-corrected chi connectivity index (χ4v) is 5.04. The number of nitrogens with one attached hydrogen (secondary N) is 1. The van der Waals surface area contributed by atoms with Gasteiger partial charge in [0, 0.05) is 39.1 Å². The minimum Gasteiger partial charge on any atom is -0.380 e. The molecule has 0 saturated heterocycles. The zero-order chi connectivity index (χ0) is 20.0. The predicted molar refractivity (Wildman–Crippen MR) is 113 cm³/mol. The lowest BCUT2D eigenvalue weighted by molar-refractivity contribution is -0.157. The van der Waals surface area contributed by atoms with Gasteiger partial charge < -0.3 is 26.3 Å². The molecule has 0 aliphatic heterocycles. The van der Waals surface area contributed by atoms with Gasteiger partial charge in [0.25, 0.3) is 0 Å². The molecule has 3 aliphatic rings. The van der Waals surface area contributed by atoms with Gasteiger partial charge in [-0.2, -0.15) is 0 Å². The van der Waals surface area contributed by atoms with Gasteiger partial charge in [0.15, 0.2) is 5.96 Å². The normalized spacial score (nSPS) is 29.0. The summed E-state index contributed by atoms with van der Waals surface area (Å²) in [7, 11) is 3.70. The van der Waals surface area contributed by atoms with E-state index in [-0.39, 0.29) is 23.1 Å². The molecule has 1 aromatic rings. The van der Waals surface area contributed by atoms with Crippen LogP contribution in [0.5, 0.6) is 0 Å². The molecule has 3 saturated carbocycles. The Bertz CT molecular complexity index is 647. The summed E-state index contributed by atoms with van der Waals surface area (Å²) in [5, 5.41) is 3.50. The van der Waals surface area contributed by atoms with E-state index in [4.69, 9.17) is 20.9 Å². The van der Waals surface area contributed by atoms with Crippen LogP contribution in [0.15, 0.2) is 29.3 Å². The van der Waals surface area contributed by atoms with Crippen molar-refractivity contribution in [2.24, 2.45) is 16.5 Å². The van der Waals surface area contributed by atoms with Gasteiger partial charge in [-0.25, -0.2) is 0 Å². The van der Waals surface area contributed by atoms with Crippen LogP contribution in [0.3, 0.4) is 0 Å². The van der Waals surface area contributed by atoms with Crippen LogP contribution in [-0.4, -0.2) is 45.0 Å². The largest absolute Gasteiger partial charge is 0.380 e. The topological polar surface area (TPSA) is 94.9 Å². The Morgan fingerprint density at radius 2 is 1.82 bits per heavy atom. The van der Waals surface area contributed by atoms with Gasteiger partial charge in [0.1, 0.15) is 0 Å². The molecule has 6 heteroatoms. The Morgan fingerprint density at radius 1 is 1.11 bits per heavy atom. The summed E-state index contributed by atoms with van der Waals surface area (Å²) in [5.41, 5.74) is 13.6. The van der Waals surface area contributed by atoms with E-state index in [2.05, 4.69) is 34.6 Å². The van der Waals surface area contributed by atoms with Gasteiger partial charge in [-0.05, 0) is 56.2 Å². The SMILES string of the molecule is COC1CC2(OC)CCC1(c1ccc(CNCCCCN=C(N)N)cc1)CC2. The van der Waals surface area contributed by atoms with Crippen molar-refractivity contribution in [3.05, 3.63) is 35.4 Å². The van der Waals surface area contributed by atoms with E-state index in [9.17, 15) is 0 Å². The van der Waals surface area contributed by atoms with Crippen LogP contribution in [0, 0.1) is 0 Å². The van der Waals surface area contributed by atoms with Crippen molar-refractivity contribution >= 4 is 5.96 Å². The lowest BCUT2D eigenvalue weighted by atomic mass is 9.54. The maximum Gasteiger partial charge on any atom is 0.185 e. The molecule has 2 bridgehead atoms. The molecule has 1 aromatic carbocycles. The van der Waals surface area contributed by atoms with E-state index >= 15 is 0 Å². The average Bonchev–Trinajstić information content (AvgIpc) is 2.74. The van der Waals surface area contributed by atoms with E-state index in [1.165, 1.54) is 11.1 Å².